The molecule has 2 amide bonds. The van der Waals surface area contributed by atoms with Crippen LogP contribution in [0.5, 0.6) is 0 Å². The Morgan fingerprint density at radius 3 is 2.54 bits per heavy atom. The highest BCUT2D eigenvalue weighted by atomic mass is 16.1. The first-order chi connectivity index (χ1) is 6.33. The Hall–Kier alpha value is -0.940. The third kappa shape index (κ3) is 2.78. The molecule has 5 heteroatoms. The monoisotopic (exact) mass is 186 g/mol. The van der Waals surface area contributed by atoms with E-state index in [1.807, 2.05) is 0 Å². The van der Waals surface area contributed by atoms with Gasteiger partial charge in [0.15, 0.2) is 0 Å². The SMILES string of the molecule is O=CNCC[N+]1(C=O)CCNCC1. The minimum atomic E-state index is 0.466. The molecule has 74 valence electrons. The quantitative estimate of drug-likeness (QED) is 0.306. The first kappa shape index (κ1) is 10.1. The summed E-state index contributed by atoms with van der Waals surface area (Å²) in [6.07, 6.45) is 1.66. The second-order valence-corrected chi connectivity index (χ2v) is 3.32. The van der Waals surface area contributed by atoms with Crippen LogP contribution in [0.25, 0.3) is 0 Å². The van der Waals surface area contributed by atoms with Gasteiger partial charge >= 0.3 is 6.41 Å². The summed E-state index contributed by atoms with van der Waals surface area (Å²) in [7, 11) is 0. The van der Waals surface area contributed by atoms with Crippen molar-refractivity contribution in [3.8, 4) is 0 Å². The van der Waals surface area contributed by atoms with E-state index in [1.54, 1.807) is 0 Å². The van der Waals surface area contributed by atoms with E-state index in [0.29, 0.717) is 24.0 Å². The molecule has 1 heterocycles. The minimum Gasteiger partial charge on any atom is -0.353 e. The van der Waals surface area contributed by atoms with E-state index in [9.17, 15) is 9.59 Å². The summed E-state index contributed by atoms with van der Waals surface area (Å²) >= 11 is 0. The Morgan fingerprint density at radius 2 is 2.00 bits per heavy atom. The molecule has 0 bridgehead atoms. The molecule has 0 radical (unpaired) electrons. The Morgan fingerprint density at radius 1 is 1.31 bits per heavy atom. The molecule has 0 aromatic rings. The Bertz CT molecular complexity index is 178. The molecule has 0 aliphatic carbocycles. The number of hydrogen-bond donors (Lipinski definition) is 2. The van der Waals surface area contributed by atoms with E-state index in [4.69, 9.17) is 0 Å². The molecule has 1 saturated heterocycles. The van der Waals surface area contributed by atoms with Crippen LogP contribution in [0, 0.1) is 0 Å². The average Bonchev–Trinajstić information content (AvgIpc) is 2.20. The second-order valence-electron chi connectivity index (χ2n) is 3.32. The molecule has 1 fully saturated rings. The standard InChI is InChI=1S/C8H15N3O2/c12-7-10-3-6-11(8-13)4-1-9-2-5-11/h7-9H,1-6H2/p+1. The lowest BCUT2D eigenvalue weighted by atomic mass is 10.3. The van der Waals surface area contributed by atoms with Gasteiger partial charge in [0.25, 0.3) is 0 Å². The number of amides is 2. The highest BCUT2D eigenvalue weighted by Gasteiger charge is 2.28. The molecular formula is C8H16N3O2+. The molecule has 2 N–H and O–H groups in total. The number of quaternary nitrogens is 1. The number of piperazine rings is 1. The van der Waals surface area contributed by atoms with E-state index in [0.717, 1.165) is 32.6 Å². The highest BCUT2D eigenvalue weighted by Crippen LogP contribution is 2.03. The summed E-state index contributed by atoms with van der Waals surface area (Å²) in [5, 5.41) is 5.78. The summed E-state index contributed by atoms with van der Waals surface area (Å²) in [6, 6.07) is 0. The summed E-state index contributed by atoms with van der Waals surface area (Å²) < 4.78 is 0.466. The van der Waals surface area contributed by atoms with Crippen LogP contribution in [-0.4, -0.2) is 56.6 Å². The van der Waals surface area contributed by atoms with Crippen LogP contribution in [0.3, 0.4) is 0 Å². The first-order valence-electron chi connectivity index (χ1n) is 4.53. The largest absolute Gasteiger partial charge is 0.353 e. The molecule has 0 saturated carbocycles. The fourth-order valence-electron chi connectivity index (χ4n) is 1.57. The number of rotatable bonds is 5. The van der Waals surface area contributed by atoms with Gasteiger partial charge in [-0.2, -0.15) is 0 Å². The lowest BCUT2D eigenvalue weighted by molar-refractivity contribution is -0.846. The van der Waals surface area contributed by atoms with Gasteiger partial charge in [0, 0.05) is 13.1 Å². The molecule has 0 aromatic heterocycles. The van der Waals surface area contributed by atoms with E-state index < -0.39 is 0 Å². The predicted octanol–water partition coefficient (Wildman–Crippen LogP) is -1.69. The van der Waals surface area contributed by atoms with Gasteiger partial charge in [0.1, 0.15) is 6.54 Å². The maximum absolute atomic E-state index is 10.9. The fourth-order valence-corrected chi connectivity index (χ4v) is 1.57. The molecular weight excluding hydrogens is 170 g/mol. The van der Waals surface area contributed by atoms with Gasteiger partial charge < -0.3 is 10.6 Å². The van der Waals surface area contributed by atoms with Crippen LogP contribution < -0.4 is 10.6 Å². The third-order valence-electron chi connectivity index (χ3n) is 2.48. The smallest absolute Gasteiger partial charge is 0.301 e. The lowest BCUT2D eigenvalue weighted by Gasteiger charge is -2.35. The first-order valence-corrected chi connectivity index (χ1v) is 4.53. The fraction of sp³-hybridized carbons (Fsp3) is 0.750. The topological polar surface area (TPSA) is 58.2 Å². The van der Waals surface area contributed by atoms with E-state index in [1.165, 1.54) is 0 Å². The summed E-state index contributed by atoms with van der Waals surface area (Å²) in [4.78, 5) is 20.9. The molecule has 1 rings (SSSR count). The maximum atomic E-state index is 10.9. The van der Waals surface area contributed by atoms with Crippen LogP contribution in [-0.2, 0) is 9.59 Å². The minimum absolute atomic E-state index is 0.466. The highest BCUT2D eigenvalue weighted by molar-refractivity contribution is 5.45. The zero-order valence-electron chi connectivity index (χ0n) is 7.66. The molecule has 0 unspecified atom stereocenters. The van der Waals surface area contributed by atoms with Gasteiger partial charge in [-0.25, -0.2) is 4.79 Å². The molecule has 5 nitrogen and oxygen atoms in total. The van der Waals surface area contributed by atoms with Crippen molar-refractivity contribution in [2.24, 2.45) is 0 Å². The number of carbonyl (C=O) groups is 2. The van der Waals surface area contributed by atoms with E-state index >= 15 is 0 Å². The lowest BCUT2D eigenvalue weighted by Crippen LogP contribution is -2.59. The summed E-state index contributed by atoms with van der Waals surface area (Å²) in [6.45, 7) is 4.67. The molecule has 1 aliphatic rings. The van der Waals surface area contributed by atoms with Crippen LogP contribution >= 0.6 is 0 Å². The van der Waals surface area contributed by atoms with Crippen molar-refractivity contribution in [3.63, 3.8) is 0 Å². The number of carbonyl (C=O) groups excluding carboxylic acids is 2. The Balaban J connectivity index is 2.37. The Labute approximate surface area is 77.7 Å². The summed E-state index contributed by atoms with van der Waals surface area (Å²) in [5.41, 5.74) is 0. The maximum Gasteiger partial charge on any atom is 0.301 e. The summed E-state index contributed by atoms with van der Waals surface area (Å²) in [5.74, 6) is 0. The van der Waals surface area contributed by atoms with Gasteiger partial charge in [-0.05, 0) is 0 Å². The van der Waals surface area contributed by atoms with Crippen molar-refractivity contribution in [2.75, 3.05) is 39.3 Å². The zero-order chi connectivity index (χ0) is 9.57. The van der Waals surface area contributed by atoms with Gasteiger partial charge in [0.05, 0.1) is 19.6 Å². The van der Waals surface area contributed by atoms with Crippen molar-refractivity contribution < 1.29 is 14.1 Å². The van der Waals surface area contributed by atoms with Gasteiger partial charge in [0.2, 0.25) is 6.41 Å². The van der Waals surface area contributed by atoms with Gasteiger partial charge in [-0.15, -0.1) is 0 Å². The van der Waals surface area contributed by atoms with Crippen molar-refractivity contribution in [1.82, 2.24) is 10.6 Å². The average molecular weight is 186 g/mol. The van der Waals surface area contributed by atoms with Crippen molar-refractivity contribution in [2.45, 2.75) is 0 Å². The van der Waals surface area contributed by atoms with Crippen LogP contribution in [0.4, 0.5) is 0 Å². The van der Waals surface area contributed by atoms with Crippen LogP contribution in [0.15, 0.2) is 0 Å². The zero-order valence-corrected chi connectivity index (χ0v) is 7.66. The Kier molecular flexibility index (Phi) is 3.85. The van der Waals surface area contributed by atoms with E-state index in [2.05, 4.69) is 10.6 Å². The van der Waals surface area contributed by atoms with Gasteiger partial charge in [-0.3, -0.25) is 9.28 Å². The number of nitrogens with zero attached hydrogens (tertiary/aromatic N) is 1. The van der Waals surface area contributed by atoms with E-state index in [-0.39, 0.29) is 0 Å². The molecule has 1 aliphatic heterocycles. The van der Waals surface area contributed by atoms with Crippen LogP contribution in [0.1, 0.15) is 0 Å². The number of hydrogen-bond acceptors (Lipinski definition) is 3. The predicted molar refractivity (Wildman–Crippen MR) is 47.9 cm³/mol. The third-order valence-corrected chi connectivity index (χ3v) is 2.48. The molecule has 0 aromatic carbocycles. The molecule has 0 atom stereocenters. The van der Waals surface area contributed by atoms with Crippen molar-refractivity contribution in [1.29, 1.82) is 0 Å². The van der Waals surface area contributed by atoms with Gasteiger partial charge in [-0.1, -0.05) is 0 Å². The second kappa shape index (κ2) is 4.94. The normalized spacial score (nSPS) is 20.6. The van der Waals surface area contributed by atoms with Crippen LogP contribution in [0.2, 0.25) is 0 Å². The number of nitrogens with one attached hydrogen (secondary N) is 2. The van der Waals surface area contributed by atoms with Crippen molar-refractivity contribution >= 4 is 12.8 Å². The van der Waals surface area contributed by atoms with Crippen molar-refractivity contribution in [3.05, 3.63) is 0 Å². The molecule has 13 heavy (non-hydrogen) atoms. The molecule has 0 spiro atoms.